The normalized spacial score (nSPS) is 29.3. The van der Waals surface area contributed by atoms with Gasteiger partial charge in [0.05, 0.1) is 0 Å². The molecule has 0 aromatic heterocycles. The van der Waals surface area contributed by atoms with Crippen LogP contribution in [0.4, 0.5) is 0 Å². The van der Waals surface area contributed by atoms with E-state index in [2.05, 4.69) is 18.6 Å². The van der Waals surface area contributed by atoms with Crippen LogP contribution in [-0.2, 0) is 18.6 Å². The summed E-state index contributed by atoms with van der Waals surface area (Å²) in [4.78, 5) is 0. The van der Waals surface area contributed by atoms with Crippen molar-refractivity contribution in [3.05, 3.63) is 5.92 Å². The van der Waals surface area contributed by atoms with Gasteiger partial charge in [0.15, 0.2) is 0 Å². The molecule has 0 aliphatic carbocycles. The standard InChI is InChI=1S/C6H12NS.V/c1-5-3-6(2)7-8-4-5;/h6-7H,3-4H2,1-2H3;/q-1;. The van der Waals surface area contributed by atoms with Crippen LogP contribution in [0.1, 0.15) is 20.3 Å². The summed E-state index contributed by atoms with van der Waals surface area (Å²) >= 11 is 1.82. The van der Waals surface area contributed by atoms with Gasteiger partial charge in [-0.1, -0.05) is 6.92 Å². The Balaban J connectivity index is 0.000000640. The molecule has 53 valence electrons. The Morgan fingerprint density at radius 1 is 1.67 bits per heavy atom. The van der Waals surface area contributed by atoms with E-state index in [1.165, 1.54) is 12.2 Å². The van der Waals surface area contributed by atoms with Crippen molar-refractivity contribution in [2.24, 2.45) is 0 Å². The summed E-state index contributed by atoms with van der Waals surface area (Å²) in [7, 11) is 0. The summed E-state index contributed by atoms with van der Waals surface area (Å²) in [6.07, 6.45) is 1.26. The fourth-order valence-electron chi connectivity index (χ4n) is 0.930. The van der Waals surface area contributed by atoms with Gasteiger partial charge in [0, 0.05) is 18.6 Å². The van der Waals surface area contributed by atoms with Gasteiger partial charge >= 0.3 is 0 Å². The Hall–Kier alpha value is 0.894. The third-order valence-electron chi connectivity index (χ3n) is 1.26. The minimum atomic E-state index is 0. The molecule has 0 spiro atoms. The van der Waals surface area contributed by atoms with Crippen molar-refractivity contribution in [3.63, 3.8) is 0 Å². The predicted molar refractivity (Wildman–Crippen MR) is 38.6 cm³/mol. The van der Waals surface area contributed by atoms with Gasteiger partial charge in [-0.2, -0.15) is 13.3 Å². The van der Waals surface area contributed by atoms with Crippen LogP contribution in [0.15, 0.2) is 0 Å². The number of hydrogen-bond acceptors (Lipinski definition) is 2. The Morgan fingerprint density at radius 3 is 2.67 bits per heavy atom. The number of nitrogens with one attached hydrogen (secondary N) is 1. The second kappa shape index (κ2) is 4.67. The van der Waals surface area contributed by atoms with Crippen LogP contribution in [0.3, 0.4) is 0 Å². The first-order valence-electron chi connectivity index (χ1n) is 2.97. The van der Waals surface area contributed by atoms with Crippen molar-refractivity contribution < 1.29 is 18.6 Å². The van der Waals surface area contributed by atoms with Gasteiger partial charge in [-0.25, -0.2) is 0 Å². The van der Waals surface area contributed by atoms with Crippen molar-refractivity contribution in [1.29, 1.82) is 0 Å². The van der Waals surface area contributed by atoms with Gasteiger partial charge in [-0.05, 0) is 6.04 Å². The van der Waals surface area contributed by atoms with E-state index in [-0.39, 0.29) is 18.6 Å². The third-order valence-corrected chi connectivity index (χ3v) is 2.46. The van der Waals surface area contributed by atoms with E-state index in [9.17, 15) is 0 Å². The van der Waals surface area contributed by atoms with Gasteiger partial charge in [0.1, 0.15) is 0 Å². The molecule has 9 heavy (non-hydrogen) atoms. The van der Waals surface area contributed by atoms with Crippen LogP contribution in [0, 0.1) is 5.92 Å². The summed E-state index contributed by atoms with van der Waals surface area (Å²) in [6.45, 7) is 4.44. The molecule has 1 fully saturated rings. The van der Waals surface area contributed by atoms with E-state index in [1.807, 2.05) is 11.9 Å². The van der Waals surface area contributed by atoms with Gasteiger partial charge in [0.25, 0.3) is 0 Å². The average Bonchev–Trinajstić information content (AvgIpc) is 1.64. The molecule has 0 aromatic carbocycles. The number of hydrogen-bond donors (Lipinski definition) is 1. The van der Waals surface area contributed by atoms with Crippen molar-refractivity contribution >= 4 is 11.9 Å². The molecule has 1 nitrogen and oxygen atoms in total. The molecule has 0 aromatic rings. The molecular formula is C6H12NSV-. The minimum Gasteiger partial charge on any atom is -0.304 e. The Labute approximate surface area is 73.4 Å². The molecule has 1 rings (SSSR count). The zero-order valence-corrected chi connectivity index (χ0v) is 8.06. The summed E-state index contributed by atoms with van der Waals surface area (Å²) in [6, 6.07) is 0.689. The Kier molecular flexibility index (Phi) is 5.13. The molecule has 3 heteroatoms. The summed E-state index contributed by atoms with van der Waals surface area (Å²) < 4.78 is 3.31. The second-order valence-electron chi connectivity index (χ2n) is 2.47. The number of rotatable bonds is 0. The predicted octanol–water partition coefficient (Wildman–Crippen LogP) is 1.61. The SMILES string of the molecule is C[C-]1CSNC(C)C1.[V]. The van der Waals surface area contributed by atoms with E-state index in [4.69, 9.17) is 0 Å². The van der Waals surface area contributed by atoms with Crippen LogP contribution in [0.5, 0.6) is 0 Å². The summed E-state index contributed by atoms with van der Waals surface area (Å²) in [5, 5.41) is 0. The monoisotopic (exact) mass is 181 g/mol. The summed E-state index contributed by atoms with van der Waals surface area (Å²) in [5.41, 5.74) is 0. The molecule has 0 bridgehead atoms. The van der Waals surface area contributed by atoms with Crippen molar-refractivity contribution in [2.45, 2.75) is 26.3 Å². The first-order valence-corrected chi connectivity index (χ1v) is 3.96. The van der Waals surface area contributed by atoms with Crippen molar-refractivity contribution in [3.8, 4) is 0 Å². The molecule has 1 heterocycles. The van der Waals surface area contributed by atoms with Gasteiger partial charge in [-0.3, -0.25) is 4.72 Å². The van der Waals surface area contributed by atoms with E-state index < -0.39 is 0 Å². The smallest absolute Gasteiger partial charge is 0 e. The molecule has 1 saturated heterocycles. The topological polar surface area (TPSA) is 12.0 Å². The molecule has 1 aliphatic rings. The van der Waals surface area contributed by atoms with Crippen LogP contribution >= 0.6 is 11.9 Å². The molecule has 1 radical (unpaired) electrons. The van der Waals surface area contributed by atoms with E-state index >= 15 is 0 Å². The Morgan fingerprint density at radius 2 is 2.33 bits per heavy atom. The van der Waals surface area contributed by atoms with Crippen LogP contribution in [-0.4, -0.2) is 11.8 Å². The van der Waals surface area contributed by atoms with Crippen LogP contribution in [0.25, 0.3) is 0 Å². The maximum Gasteiger partial charge on any atom is 0 e. The zero-order valence-electron chi connectivity index (χ0n) is 5.85. The quantitative estimate of drug-likeness (QED) is 0.450. The third kappa shape index (κ3) is 3.56. The van der Waals surface area contributed by atoms with E-state index in [1.54, 1.807) is 5.92 Å². The molecular weight excluding hydrogens is 169 g/mol. The van der Waals surface area contributed by atoms with Crippen LogP contribution < -0.4 is 4.72 Å². The minimum absolute atomic E-state index is 0. The van der Waals surface area contributed by atoms with E-state index in [0.29, 0.717) is 6.04 Å². The first kappa shape index (κ1) is 9.89. The van der Waals surface area contributed by atoms with Gasteiger partial charge < -0.3 is 5.92 Å². The molecule has 1 atom stereocenters. The van der Waals surface area contributed by atoms with Crippen molar-refractivity contribution in [2.75, 3.05) is 5.75 Å². The maximum atomic E-state index is 3.31. The second-order valence-corrected chi connectivity index (χ2v) is 3.28. The Bertz CT molecular complexity index is 71.5. The molecule has 0 saturated carbocycles. The van der Waals surface area contributed by atoms with E-state index in [0.717, 1.165) is 0 Å². The molecule has 1 N–H and O–H groups in total. The zero-order chi connectivity index (χ0) is 5.98. The fourth-order valence-corrected chi connectivity index (χ4v) is 1.75. The van der Waals surface area contributed by atoms with Crippen LogP contribution in [0.2, 0.25) is 0 Å². The van der Waals surface area contributed by atoms with Gasteiger partial charge in [-0.15, -0.1) is 17.7 Å². The maximum absolute atomic E-state index is 3.31. The molecule has 0 amide bonds. The summed E-state index contributed by atoms with van der Waals surface area (Å²) in [5.74, 6) is 2.81. The first-order chi connectivity index (χ1) is 3.79. The van der Waals surface area contributed by atoms with Crippen molar-refractivity contribution in [1.82, 2.24) is 4.72 Å². The largest absolute Gasteiger partial charge is 0.304 e. The van der Waals surface area contributed by atoms with Gasteiger partial charge in [0.2, 0.25) is 0 Å². The average molecular weight is 181 g/mol. The fraction of sp³-hybridized carbons (Fsp3) is 0.833. The molecule has 1 unspecified atom stereocenters. The molecule has 1 aliphatic heterocycles.